The molecule has 0 atom stereocenters. The molecule has 88 valence electrons. The molecule has 1 aliphatic rings. The summed E-state index contributed by atoms with van der Waals surface area (Å²) >= 11 is 0. The topological polar surface area (TPSA) is 35.6 Å². The van der Waals surface area contributed by atoms with E-state index in [1.165, 1.54) is 0 Å². The molecule has 1 aliphatic heterocycles. The number of carbonyl (C=O) groups is 1. The Kier molecular flexibility index (Phi) is 4.11. The zero-order chi connectivity index (χ0) is 11.5. The Morgan fingerprint density at radius 2 is 2.13 bits per heavy atom. The molecule has 1 N–H and O–H groups in total. The Balaban J connectivity index is 2.54. The maximum Gasteiger partial charge on any atom is 0.236 e. The van der Waals surface area contributed by atoms with E-state index in [2.05, 4.69) is 24.1 Å². The van der Waals surface area contributed by atoms with Gasteiger partial charge >= 0.3 is 0 Å². The quantitative estimate of drug-likeness (QED) is 0.717. The summed E-state index contributed by atoms with van der Waals surface area (Å²) in [5.74, 6) is 0.224. The number of nitrogens with one attached hydrogen (secondary N) is 1. The minimum absolute atomic E-state index is 0.179. The van der Waals surface area contributed by atoms with Crippen LogP contribution in [0.25, 0.3) is 0 Å². The van der Waals surface area contributed by atoms with Crippen molar-refractivity contribution in [2.24, 2.45) is 5.41 Å². The molecule has 0 aromatic rings. The Hall–Kier alpha value is -0.610. The van der Waals surface area contributed by atoms with Gasteiger partial charge in [0.1, 0.15) is 0 Å². The molecule has 0 aromatic carbocycles. The second kappa shape index (κ2) is 4.94. The van der Waals surface area contributed by atoms with Crippen molar-refractivity contribution in [1.29, 1.82) is 0 Å². The van der Waals surface area contributed by atoms with E-state index >= 15 is 0 Å². The molecule has 4 nitrogen and oxygen atoms in total. The van der Waals surface area contributed by atoms with Crippen LogP contribution in [0, 0.1) is 5.41 Å². The van der Waals surface area contributed by atoms with Crippen LogP contribution in [0.15, 0.2) is 0 Å². The van der Waals surface area contributed by atoms with Gasteiger partial charge in [-0.15, -0.1) is 0 Å². The fraction of sp³-hybridized carbons (Fsp3) is 0.909. The van der Waals surface area contributed by atoms with Gasteiger partial charge in [0.15, 0.2) is 0 Å². The lowest BCUT2D eigenvalue weighted by Crippen LogP contribution is -2.41. The van der Waals surface area contributed by atoms with Gasteiger partial charge in [-0.05, 0) is 19.5 Å². The van der Waals surface area contributed by atoms with Crippen molar-refractivity contribution in [1.82, 2.24) is 15.1 Å². The molecule has 0 bridgehead atoms. The van der Waals surface area contributed by atoms with Crippen LogP contribution in [0.1, 0.15) is 13.8 Å². The first-order valence-corrected chi connectivity index (χ1v) is 5.54. The zero-order valence-electron chi connectivity index (χ0n) is 10.3. The number of nitrogens with zero attached hydrogens (tertiary/aromatic N) is 2. The van der Waals surface area contributed by atoms with Crippen LogP contribution in [0.3, 0.4) is 0 Å². The van der Waals surface area contributed by atoms with Crippen LogP contribution < -0.4 is 5.32 Å². The fourth-order valence-electron chi connectivity index (χ4n) is 1.80. The molecular weight excluding hydrogens is 190 g/mol. The minimum Gasteiger partial charge on any atom is -0.340 e. The highest BCUT2D eigenvalue weighted by Crippen LogP contribution is 2.17. The van der Waals surface area contributed by atoms with Gasteiger partial charge < -0.3 is 15.1 Å². The summed E-state index contributed by atoms with van der Waals surface area (Å²) in [5.41, 5.74) is 0.179. The van der Waals surface area contributed by atoms with Crippen LogP contribution in [-0.4, -0.2) is 62.5 Å². The molecule has 0 radical (unpaired) electrons. The van der Waals surface area contributed by atoms with Crippen molar-refractivity contribution >= 4 is 5.91 Å². The third-order valence-electron chi connectivity index (χ3n) is 2.67. The number of amides is 1. The molecule has 0 saturated carbocycles. The number of hydrogen-bond donors (Lipinski definition) is 1. The summed E-state index contributed by atoms with van der Waals surface area (Å²) in [6.07, 6.45) is 0. The Labute approximate surface area is 92.6 Å². The molecule has 0 spiro atoms. The molecule has 0 unspecified atom stereocenters. The highest BCUT2D eigenvalue weighted by Gasteiger charge is 2.27. The molecule has 0 aromatic heterocycles. The molecular formula is C11H23N3O. The number of rotatable bonds is 3. The number of likely N-dealkylation sites (N-methyl/N-ethyl adjacent to an activating group) is 1. The molecule has 1 heterocycles. The third-order valence-corrected chi connectivity index (χ3v) is 2.67. The first-order valence-electron chi connectivity index (χ1n) is 5.54. The SMILES string of the molecule is CN(C)CCN1CC(C)(C)CNCC1=O. The van der Waals surface area contributed by atoms with E-state index in [1.54, 1.807) is 0 Å². The van der Waals surface area contributed by atoms with Gasteiger partial charge in [-0.25, -0.2) is 0 Å². The van der Waals surface area contributed by atoms with Gasteiger partial charge in [0, 0.05) is 26.2 Å². The summed E-state index contributed by atoms with van der Waals surface area (Å²) in [7, 11) is 4.07. The van der Waals surface area contributed by atoms with E-state index in [0.717, 1.165) is 26.2 Å². The lowest BCUT2D eigenvalue weighted by Gasteiger charge is -2.29. The maximum absolute atomic E-state index is 11.8. The van der Waals surface area contributed by atoms with Gasteiger partial charge in [0.05, 0.1) is 6.54 Å². The molecule has 1 fully saturated rings. The second-order valence-corrected chi connectivity index (χ2v) is 5.39. The summed E-state index contributed by atoms with van der Waals surface area (Å²) in [6, 6.07) is 0. The number of hydrogen-bond acceptors (Lipinski definition) is 3. The van der Waals surface area contributed by atoms with E-state index < -0.39 is 0 Å². The average molecular weight is 213 g/mol. The highest BCUT2D eigenvalue weighted by atomic mass is 16.2. The van der Waals surface area contributed by atoms with Crippen molar-refractivity contribution in [3.63, 3.8) is 0 Å². The monoisotopic (exact) mass is 213 g/mol. The van der Waals surface area contributed by atoms with Crippen LogP contribution in [0.2, 0.25) is 0 Å². The van der Waals surface area contributed by atoms with Crippen molar-refractivity contribution in [2.75, 3.05) is 46.8 Å². The first kappa shape index (κ1) is 12.5. The van der Waals surface area contributed by atoms with Gasteiger partial charge in [0.2, 0.25) is 5.91 Å². The van der Waals surface area contributed by atoms with Gasteiger partial charge in [-0.1, -0.05) is 13.8 Å². The molecule has 1 saturated heterocycles. The van der Waals surface area contributed by atoms with Crippen LogP contribution >= 0.6 is 0 Å². The Morgan fingerprint density at radius 3 is 2.73 bits per heavy atom. The van der Waals surface area contributed by atoms with Crippen molar-refractivity contribution in [2.45, 2.75) is 13.8 Å². The summed E-state index contributed by atoms with van der Waals surface area (Å²) in [6.45, 7) is 8.40. The standard InChI is InChI=1S/C11H23N3O/c1-11(2)8-12-7-10(15)14(9-11)6-5-13(3)4/h12H,5-9H2,1-4H3. The first-order chi connectivity index (χ1) is 6.91. The predicted molar refractivity (Wildman–Crippen MR) is 61.8 cm³/mol. The predicted octanol–water partition coefficient (Wildman–Crippen LogP) is 0.00600. The average Bonchev–Trinajstić information content (AvgIpc) is 2.22. The smallest absolute Gasteiger partial charge is 0.236 e. The van der Waals surface area contributed by atoms with E-state index in [9.17, 15) is 4.79 Å². The maximum atomic E-state index is 11.8. The third kappa shape index (κ3) is 4.18. The normalized spacial score (nSPS) is 21.9. The van der Waals surface area contributed by atoms with E-state index in [4.69, 9.17) is 0 Å². The zero-order valence-corrected chi connectivity index (χ0v) is 10.3. The summed E-state index contributed by atoms with van der Waals surface area (Å²) in [4.78, 5) is 15.8. The Bertz CT molecular complexity index is 226. The van der Waals surface area contributed by atoms with E-state index in [-0.39, 0.29) is 11.3 Å². The number of carbonyl (C=O) groups excluding carboxylic acids is 1. The lowest BCUT2D eigenvalue weighted by molar-refractivity contribution is -0.130. The minimum atomic E-state index is 0.179. The lowest BCUT2D eigenvalue weighted by atomic mass is 9.93. The fourth-order valence-corrected chi connectivity index (χ4v) is 1.80. The van der Waals surface area contributed by atoms with E-state index in [1.807, 2.05) is 19.0 Å². The molecule has 15 heavy (non-hydrogen) atoms. The summed E-state index contributed by atoms with van der Waals surface area (Å²) in [5, 5.41) is 3.20. The molecule has 1 rings (SSSR count). The van der Waals surface area contributed by atoms with Crippen molar-refractivity contribution in [3.8, 4) is 0 Å². The second-order valence-electron chi connectivity index (χ2n) is 5.39. The molecule has 0 aliphatic carbocycles. The van der Waals surface area contributed by atoms with Crippen LogP contribution in [0.5, 0.6) is 0 Å². The Morgan fingerprint density at radius 1 is 1.47 bits per heavy atom. The highest BCUT2D eigenvalue weighted by molar-refractivity contribution is 5.78. The van der Waals surface area contributed by atoms with Gasteiger partial charge in [-0.3, -0.25) is 4.79 Å². The van der Waals surface area contributed by atoms with Gasteiger partial charge in [-0.2, -0.15) is 0 Å². The van der Waals surface area contributed by atoms with Crippen molar-refractivity contribution in [3.05, 3.63) is 0 Å². The largest absolute Gasteiger partial charge is 0.340 e. The van der Waals surface area contributed by atoms with Crippen LogP contribution in [-0.2, 0) is 4.79 Å². The van der Waals surface area contributed by atoms with Crippen molar-refractivity contribution < 1.29 is 4.79 Å². The van der Waals surface area contributed by atoms with E-state index in [0.29, 0.717) is 6.54 Å². The molecule has 1 amide bonds. The van der Waals surface area contributed by atoms with Gasteiger partial charge in [0.25, 0.3) is 0 Å². The molecule has 4 heteroatoms. The van der Waals surface area contributed by atoms with Crippen LogP contribution in [0.4, 0.5) is 0 Å². The summed E-state index contributed by atoms with van der Waals surface area (Å²) < 4.78 is 0.